The van der Waals surface area contributed by atoms with Gasteiger partial charge in [-0.15, -0.1) is 0 Å². The number of aliphatic hydroxyl groups is 1. The molecule has 0 radical (unpaired) electrons. The van der Waals surface area contributed by atoms with Gasteiger partial charge in [-0.25, -0.2) is 0 Å². The monoisotopic (exact) mass is 322 g/mol. The van der Waals surface area contributed by atoms with E-state index >= 15 is 0 Å². The highest BCUT2D eigenvalue weighted by atomic mass is 31.2. The van der Waals surface area contributed by atoms with Gasteiger partial charge in [0.15, 0.2) is 12.6 Å². The molecule has 116 valence electrons. The number of carbonyl (C=O) groups is 1. The van der Waals surface area contributed by atoms with E-state index in [-0.39, 0.29) is 11.9 Å². The lowest BCUT2D eigenvalue weighted by molar-refractivity contribution is 0.0985. The molecule has 2 rings (SSSR count). The molecule has 0 atom stereocenters. The zero-order valence-electron chi connectivity index (χ0n) is 11.5. The van der Waals surface area contributed by atoms with Crippen LogP contribution in [0.15, 0.2) is 48.5 Å². The standard InChI is InChI=1S/C15H15O6P/c16-10-21-14-7-5-13(6-8-14)15(17)12-3-1-11(2-4-12)9-22(18,19)20/h1-8,16H,9-10H2,(H2,18,19,20). The van der Waals surface area contributed by atoms with Gasteiger partial charge >= 0.3 is 7.60 Å². The van der Waals surface area contributed by atoms with Gasteiger partial charge < -0.3 is 19.6 Å². The molecule has 0 amide bonds. The van der Waals surface area contributed by atoms with Crippen molar-refractivity contribution in [1.82, 2.24) is 0 Å². The first kappa shape index (κ1) is 16.4. The summed E-state index contributed by atoms with van der Waals surface area (Å²) in [7, 11) is -4.12. The van der Waals surface area contributed by atoms with E-state index < -0.39 is 14.4 Å². The number of aliphatic hydroxyl groups excluding tert-OH is 1. The van der Waals surface area contributed by atoms with Gasteiger partial charge in [0.2, 0.25) is 0 Å². The van der Waals surface area contributed by atoms with Crippen molar-refractivity contribution in [2.45, 2.75) is 6.16 Å². The molecule has 0 aliphatic carbocycles. The smallest absolute Gasteiger partial charge is 0.329 e. The second-order valence-corrected chi connectivity index (χ2v) is 6.29. The summed E-state index contributed by atoms with van der Waals surface area (Å²) in [5.41, 5.74) is 1.34. The summed E-state index contributed by atoms with van der Waals surface area (Å²) in [6, 6.07) is 12.4. The second-order valence-electron chi connectivity index (χ2n) is 4.65. The normalized spacial score (nSPS) is 11.2. The Morgan fingerprint density at radius 1 is 0.955 bits per heavy atom. The van der Waals surface area contributed by atoms with Crippen molar-refractivity contribution in [3.05, 3.63) is 65.2 Å². The quantitative estimate of drug-likeness (QED) is 0.426. The van der Waals surface area contributed by atoms with Crippen LogP contribution in [0.2, 0.25) is 0 Å². The Morgan fingerprint density at radius 2 is 1.45 bits per heavy atom. The van der Waals surface area contributed by atoms with Crippen LogP contribution in [0.4, 0.5) is 0 Å². The van der Waals surface area contributed by atoms with Gasteiger partial charge in [0, 0.05) is 11.1 Å². The Labute approximate surface area is 127 Å². The van der Waals surface area contributed by atoms with Crippen molar-refractivity contribution in [1.29, 1.82) is 0 Å². The Kier molecular flexibility index (Phi) is 5.11. The molecule has 2 aromatic carbocycles. The fraction of sp³-hybridized carbons (Fsp3) is 0.133. The van der Waals surface area contributed by atoms with Crippen molar-refractivity contribution < 1.29 is 29.0 Å². The van der Waals surface area contributed by atoms with Crippen LogP contribution >= 0.6 is 7.60 Å². The van der Waals surface area contributed by atoms with Gasteiger partial charge in [0.1, 0.15) is 5.75 Å². The van der Waals surface area contributed by atoms with Crippen LogP contribution in [0, 0.1) is 0 Å². The van der Waals surface area contributed by atoms with Crippen molar-refractivity contribution in [3.8, 4) is 5.75 Å². The number of carbonyl (C=O) groups excluding carboxylic acids is 1. The molecule has 0 aliphatic rings. The largest absolute Gasteiger partial charge is 0.468 e. The average Bonchev–Trinajstić information content (AvgIpc) is 2.47. The second kappa shape index (κ2) is 6.85. The minimum atomic E-state index is -4.12. The third-order valence-electron chi connectivity index (χ3n) is 2.95. The summed E-state index contributed by atoms with van der Waals surface area (Å²) in [5, 5.41) is 8.64. The lowest BCUT2D eigenvalue weighted by Crippen LogP contribution is -2.02. The highest BCUT2D eigenvalue weighted by molar-refractivity contribution is 7.50. The number of rotatable bonds is 6. The molecule has 0 fully saturated rings. The highest BCUT2D eigenvalue weighted by Gasteiger charge is 2.15. The van der Waals surface area contributed by atoms with E-state index in [4.69, 9.17) is 19.6 Å². The molecule has 22 heavy (non-hydrogen) atoms. The molecule has 0 spiro atoms. The Hall–Kier alpha value is -1.98. The molecule has 7 heteroatoms. The summed E-state index contributed by atoms with van der Waals surface area (Å²) in [6.45, 7) is -0.436. The number of ketones is 1. The zero-order chi connectivity index (χ0) is 16.2. The summed E-state index contributed by atoms with van der Waals surface area (Å²) in [5.74, 6) is 0.245. The van der Waals surface area contributed by atoms with Gasteiger partial charge in [0.05, 0.1) is 6.16 Å². The maximum atomic E-state index is 12.3. The van der Waals surface area contributed by atoms with Crippen molar-refractivity contribution in [3.63, 3.8) is 0 Å². The van der Waals surface area contributed by atoms with E-state index in [1.807, 2.05) is 0 Å². The van der Waals surface area contributed by atoms with Crippen LogP contribution in [0.3, 0.4) is 0 Å². The number of hydrogen-bond acceptors (Lipinski definition) is 4. The minimum absolute atomic E-state index is 0.210. The molecule has 0 aliphatic heterocycles. The van der Waals surface area contributed by atoms with E-state index in [9.17, 15) is 9.36 Å². The Bertz CT molecular complexity index is 687. The molecular weight excluding hydrogens is 307 g/mol. The molecule has 3 N–H and O–H groups in total. The number of benzene rings is 2. The molecule has 0 saturated heterocycles. The van der Waals surface area contributed by atoms with Crippen molar-refractivity contribution >= 4 is 13.4 Å². The summed E-state index contributed by atoms with van der Waals surface area (Å²) in [6.07, 6.45) is -0.353. The predicted octanol–water partition coefficient (Wildman–Crippen LogP) is 1.92. The maximum absolute atomic E-state index is 12.3. The van der Waals surface area contributed by atoms with Crippen LogP contribution in [0.25, 0.3) is 0 Å². The number of ether oxygens (including phenoxy) is 1. The SMILES string of the molecule is O=C(c1ccc(CP(=O)(O)O)cc1)c1ccc(OCO)cc1. The first-order valence-electron chi connectivity index (χ1n) is 6.41. The first-order chi connectivity index (χ1) is 10.4. The summed E-state index contributed by atoms with van der Waals surface area (Å²) < 4.78 is 15.8. The highest BCUT2D eigenvalue weighted by Crippen LogP contribution is 2.38. The fourth-order valence-corrected chi connectivity index (χ4v) is 2.63. The van der Waals surface area contributed by atoms with Crippen molar-refractivity contribution in [2.24, 2.45) is 0 Å². The first-order valence-corrected chi connectivity index (χ1v) is 8.21. The molecule has 2 aromatic rings. The van der Waals surface area contributed by atoms with Crippen LogP contribution in [0.1, 0.15) is 21.5 Å². The van der Waals surface area contributed by atoms with Gasteiger partial charge in [-0.2, -0.15) is 0 Å². The molecule has 0 heterocycles. The third kappa shape index (κ3) is 4.51. The molecule has 0 saturated carbocycles. The summed E-state index contributed by atoms with van der Waals surface area (Å²) in [4.78, 5) is 30.1. The lowest BCUT2D eigenvalue weighted by atomic mass is 10.0. The van der Waals surface area contributed by atoms with E-state index in [1.165, 1.54) is 24.3 Å². The lowest BCUT2D eigenvalue weighted by Gasteiger charge is -2.06. The zero-order valence-corrected chi connectivity index (χ0v) is 12.4. The van der Waals surface area contributed by atoms with Gasteiger partial charge in [-0.1, -0.05) is 24.3 Å². The molecular formula is C15H15O6P. The molecule has 0 aromatic heterocycles. The molecule has 0 unspecified atom stereocenters. The minimum Gasteiger partial charge on any atom is -0.468 e. The van der Waals surface area contributed by atoms with Crippen LogP contribution < -0.4 is 4.74 Å². The number of hydrogen-bond donors (Lipinski definition) is 3. The van der Waals surface area contributed by atoms with Gasteiger partial charge in [0.25, 0.3) is 0 Å². The topological polar surface area (TPSA) is 104 Å². The Balaban J connectivity index is 2.13. The fourth-order valence-electron chi connectivity index (χ4n) is 1.94. The van der Waals surface area contributed by atoms with E-state index in [0.717, 1.165) is 0 Å². The van der Waals surface area contributed by atoms with Crippen LogP contribution in [0.5, 0.6) is 5.75 Å². The molecule has 0 bridgehead atoms. The molecule has 6 nitrogen and oxygen atoms in total. The van der Waals surface area contributed by atoms with Crippen molar-refractivity contribution in [2.75, 3.05) is 6.79 Å². The summed E-state index contributed by atoms with van der Waals surface area (Å²) >= 11 is 0. The maximum Gasteiger partial charge on any atom is 0.329 e. The van der Waals surface area contributed by atoms with E-state index in [1.54, 1.807) is 24.3 Å². The predicted molar refractivity (Wildman–Crippen MR) is 79.8 cm³/mol. The van der Waals surface area contributed by atoms with Crippen LogP contribution in [-0.2, 0) is 10.7 Å². The third-order valence-corrected chi connectivity index (χ3v) is 3.73. The van der Waals surface area contributed by atoms with Gasteiger partial charge in [-0.05, 0) is 29.8 Å². The average molecular weight is 322 g/mol. The van der Waals surface area contributed by atoms with E-state index in [0.29, 0.717) is 22.4 Å². The van der Waals surface area contributed by atoms with Gasteiger partial charge in [-0.3, -0.25) is 9.36 Å². The Morgan fingerprint density at radius 3 is 1.91 bits per heavy atom. The van der Waals surface area contributed by atoms with E-state index in [2.05, 4.69) is 0 Å². The van der Waals surface area contributed by atoms with Crippen LogP contribution in [-0.4, -0.2) is 27.5 Å².